The van der Waals surface area contributed by atoms with E-state index in [-0.39, 0.29) is 29.8 Å². The van der Waals surface area contributed by atoms with E-state index in [0.717, 1.165) is 18.1 Å². The number of carbonyl (C=O) groups excluding carboxylic acids is 1. The molecule has 0 aliphatic rings. The summed E-state index contributed by atoms with van der Waals surface area (Å²) in [6, 6.07) is 12.8. The summed E-state index contributed by atoms with van der Waals surface area (Å²) in [7, 11) is -5.37. The van der Waals surface area contributed by atoms with E-state index in [4.69, 9.17) is 4.74 Å². The highest BCUT2D eigenvalue weighted by atomic mass is 32.2. The van der Waals surface area contributed by atoms with Crippen LogP contribution in [0.5, 0.6) is 5.75 Å². The molecule has 0 saturated heterocycles. The van der Waals surface area contributed by atoms with Gasteiger partial charge in [0.2, 0.25) is 15.9 Å². The number of nitrogens with zero attached hydrogens (tertiary/aromatic N) is 1. The molecule has 0 spiro atoms. The van der Waals surface area contributed by atoms with Crippen LogP contribution in [0.25, 0.3) is 0 Å². The number of ether oxygens (including phenoxy) is 1. The molecule has 0 fully saturated rings. The Morgan fingerprint density at radius 1 is 1.03 bits per heavy atom. The largest absolute Gasteiger partial charge is 0.495 e. The van der Waals surface area contributed by atoms with Crippen LogP contribution in [0.1, 0.15) is 31.4 Å². The first-order valence-electron chi connectivity index (χ1n) is 9.63. The van der Waals surface area contributed by atoms with Crippen LogP contribution in [0, 0.1) is 0 Å². The first-order chi connectivity index (χ1) is 14.4. The number of para-hydroxylation sites is 2. The van der Waals surface area contributed by atoms with Gasteiger partial charge in [0.05, 0.1) is 30.0 Å². The summed E-state index contributed by atoms with van der Waals surface area (Å²) in [4.78, 5) is 12.6. The average Bonchev–Trinajstić information content (AvgIpc) is 2.69. The predicted molar refractivity (Wildman–Crippen MR) is 121 cm³/mol. The SMILES string of the molecule is COc1ccccc1N(CCCC(=O)N[C@H](C)c1ccc(S(C)(=O)=O)cc1)S(C)(=O)=O. The number of rotatable bonds is 10. The third kappa shape index (κ3) is 6.96. The molecule has 10 heteroatoms. The fraction of sp³-hybridized carbons (Fsp3) is 0.381. The number of hydrogen-bond acceptors (Lipinski definition) is 6. The third-order valence-electron chi connectivity index (χ3n) is 4.70. The van der Waals surface area contributed by atoms with Crippen LogP contribution in [0.15, 0.2) is 53.4 Å². The minimum atomic E-state index is -3.56. The highest BCUT2D eigenvalue weighted by Crippen LogP contribution is 2.29. The lowest BCUT2D eigenvalue weighted by Crippen LogP contribution is -2.32. The number of nitrogens with one attached hydrogen (secondary N) is 1. The van der Waals surface area contributed by atoms with Crippen LogP contribution in [0.4, 0.5) is 5.69 Å². The molecule has 0 bridgehead atoms. The summed E-state index contributed by atoms with van der Waals surface area (Å²) < 4.78 is 54.1. The number of methoxy groups -OCH3 is 1. The lowest BCUT2D eigenvalue weighted by molar-refractivity contribution is -0.121. The van der Waals surface area contributed by atoms with Gasteiger partial charge in [-0.05, 0) is 43.2 Å². The number of carbonyl (C=O) groups is 1. The minimum absolute atomic E-state index is 0.129. The standard InChI is InChI=1S/C21H28N2O6S2/c1-16(17-11-13-18(14-12-17)30(3,25)26)22-21(24)10-7-15-23(31(4,27)28)19-8-5-6-9-20(19)29-2/h5-6,8-9,11-14,16H,7,10,15H2,1-4H3,(H,22,24)/t16-/m1/s1. The molecule has 8 nitrogen and oxygen atoms in total. The first-order valence-corrected chi connectivity index (χ1v) is 13.4. The van der Waals surface area contributed by atoms with Gasteiger partial charge < -0.3 is 10.1 Å². The van der Waals surface area contributed by atoms with E-state index in [1.807, 2.05) is 0 Å². The van der Waals surface area contributed by atoms with E-state index in [0.29, 0.717) is 17.9 Å². The van der Waals surface area contributed by atoms with Gasteiger partial charge in [0.15, 0.2) is 9.84 Å². The Hall–Kier alpha value is -2.59. The molecule has 2 aromatic carbocycles. The van der Waals surface area contributed by atoms with Crippen LogP contribution in [0.2, 0.25) is 0 Å². The van der Waals surface area contributed by atoms with Gasteiger partial charge in [0, 0.05) is 19.2 Å². The molecule has 1 atom stereocenters. The van der Waals surface area contributed by atoms with E-state index < -0.39 is 19.9 Å². The topological polar surface area (TPSA) is 110 Å². The number of benzene rings is 2. The second-order valence-corrected chi connectivity index (χ2v) is 11.2. The first kappa shape index (κ1) is 24.7. The molecule has 2 aromatic rings. The number of amides is 1. The maximum absolute atomic E-state index is 12.3. The van der Waals surface area contributed by atoms with Gasteiger partial charge in [0.25, 0.3) is 0 Å². The maximum Gasteiger partial charge on any atom is 0.232 e. The predicted octanol–water partition coefficient (Wildman–Crippen LogP) is 2.52. The van der Waals surface area contributed by atoms with Crippen molar-refractivity contribution in [3.8, 4) is 5.75 Å². The normalized spacial score (nSPS) is 12.8. The highest BCUT2D eigenvalue weighted by Gasteiger charge is 2.21. The second-order valence-electron chi connectivity index (χ2n) is 7.24. The van der Waals surface area contributed by atoms with Crippen molar-refractivity contribution >= 4 is 31.5 Å². The van der Waals surface area contributed by atoms with Crippen molar-refractivity contribution in [3.05, 3.63) is 54.1 Å². The Balaban J connectivity index is 1.98. The van der Waals surface area contributed by atoms with Crippen LogP contribution in [0.3, 0.4) is 0 Å². The zero-order valence-corrected chi connectivity index (χ0v) is 19.7. The molecule has 0 aromatic heterocycles. The molecule has 31 heavy (non-hydrogen) atoms. The second kappa shape index (κ2) is 10.1. The van der Waals surface area contributed by atoms with Crippen molar-refractivity contribution in [2.45, 2.75) is 30.7 Å². The van der Waals surface area contributed by atoms with Crippen molar-refractivity contribution in [1.29, 1.82) is 0 Å². The van der Waals surface area contributed by atoms with Gasteiger partial charge in [-0.15, -0.1) is 0 Å². The van der Waals surface area contributed by atoms with Crippen molar-refractivity contribution < 1.29 is 26.4 Å². The van der Waals surface area contributed by atoms with Crippen molar-refractivity contribution in [1.82, 2.24) is 5.32 Å². The van der Waals surface area contributed by atoms with E-state index in [9.17, 15) is 21.6 Å². The fourth-order valence-corrected chi connectivity index (χ4v) is 4.68. The summed E-state index contributed by atoms with van der Waals surface area (Å²) in [6.45, 7) is 1.93. The Morgan fingerprint density at radius 2 is 1.65 bits per heavy atom. The quantitative estimate of drug-likeness (QED) is 0.574. The van der Waals surface area contributed by atoms with Gasteiger partial charge in [-0.3, -0.25) is 9.10 Å². The Morgan fingerprint density at radius 3 is 2.19 bits per heavy atom. The van der Waals surface area contributed by atoms with Crippen LogP contribution in [-0.4, -0.2) is 48.9 Å². The number of anilines is 1. The third-order valence-corrected chi connectivity index (χ3v) is 7.01. The summed E-state index contributed by atoms with van der Waals surface area (Å²) in [5.74, 6) is 0.205. The monoisotopic (exact) mass is 468 g/mol. The molecule has 170 valence electrons. The van der Waals surface area contributed by atoms with E-state index >= 15 is 0 Å². The summed E-state index contributed by atoms with van der Waals surface area (Å²) in [5, 5.41) is 2.85. The van der Waals surface area contributed by atoms with Gasteiger partial charge in [-0.25, -0.2) is 16.8 Å². The smallest absolute Gasteiger partial charge is 0.232 e. The lowest BCUT2D eigenvalue weighted by atomic mass is 10.1. The highest BCUT2D eigenvalue weighted by molar-refractivity contribution is 7.92. The average molecular weight is 469 g/mol. The molecule has 0 unspecified atom stereocenters. The van der Waals surface area contributed by atoms with Gasteiger partial charge >= 0.3 is 0 Å². The molecule has 1 amide bonds. The zero-order chi connectivity index (χ0) is 23.2. The molecule has 2 rings (SSSR count). The van der Waals surface area contributed by atoms with E-state index in [1.54, 1.807) is 43.3 Å². The molecule has 1 N–H and O–H groups in total. The van der Waals surface area contributed by atoms with E-state index in [2.05, 4.69) is 5.32 Å². The fourth-order valence-electron chi connectivity index (χ4n) is 3.08. The molecular weight excluding hydrogens is 440 g/mol. The molecule has 0 aliphatic heterocycles. The minimum Gasteiger partial charge on any atom is -0.495 e. The van der Waals surface area contributed by atoms with Gasteiger partial charge in [-0.1, -0.05) is 24.3 Å². The molecular formula is C21H28N2O6S2. The van der Waals surface area contributed by atoms with Crippen LogP contribution in [-0.2, 0) is 24.7 Å². The molecule has 0 saturated carbocycles. The Kier molecular flexibility index (Phi) is 8.08. The summed E-state index contributed by atoms with van der Waals surface area (Å²) in [5.41, 5.74) is 1.19. The van der Waals surface area contributed by atoms with Crippen molar-refractivity contribution in [2.75, 3.05) is 30.5 Å². The molecule has 0 radical (unpaired) electrons. The number of sulfone groups is 1. The molecule has 0 heterocycles. The Bertz CT molecular complexity index is 1110. The lowest BCUT2D eigenvalue weighted by Gasteiger charge is -2.24. The number of hydrogen-bond donors (Lipinski definition) is 1. The van der Waals surface area contributed by atoms with Crippen molar-refractivity contribution in [2.24, 2.45) is 0 Å². The van der Waals surface area contributed by atoms with Crippen LogP contribution >= 0.6 is 0 Å². The van der Waals surface area contributed by atoms with E-state index in [1.165, 1.54) is 23.5 Å². The molecule has 0 aliphatic carbocycles. The summed E-state index contributed by atoms with van der Waals surface area (Å²) >= 11 is 0. The number of sulfonamides is 1. The maximum atomic E-state index is 12.3. The van der Waals surface area contributed by atoms with Gasteiger partial charge in [0.1, 0.15) is 5.75 Å². The summed E-state index contributed by atoms with van der Waals surface area (Å²) in [6.07, 6.45) is 2.70. The zero-order valence-electron chi connectivity index (χ0n) is 18.0. The van der Waals surface area contributed by atoms with Crippen molar-refractivity contribution in [3.63, 3.8) is 0 Å². The van der Waals surface area contributed by atoms with Gasteiger partial charge in [-0.2, -0.15) is 0 Å². The van der Waals surface area contributed by atoms with Crippen LogP contribution < -0.4 is 14.4 Å². The Labute approximate surface area is 184 Å².